The average Bonchev–Trinajstić information content (AvgIpc) is 2.88. The van der Waals surface area contributed by atoms with E-state index in [9.17, 15) is 14.4 Å². The number of benzene rings is 3. The Kier molecular flexibility index (Phi) is 8.78. The van der Waals surface area contributed by atoms with E-state index in [1.54, 1.807) is 79.9 Å². The average molecular weight is 476 g/mol. The molecule has 35 heavy (non-hydrogen) atoms. The van der Waals surface area contributed by atoms with Gasteiger partial charge in [0.2, 0.25) is 0 Å². The fourth-order valence-electron chi connectivity index (χ4n) is 2.83. The van der Waals surface area contributed by atoms with Crippen molar-refractivity contribution in [1.29, 1.82) is 0 Å². The first-order valence-corrected chi connectivity index (χ1v) is 10.4. The Hall–Kier alpha value is -4.86. The summed E-state index contributed by atoms with van der Waals surface area (Å²) in [5, 5.41) is 8.98. The molecule has 0 unspecified atom stereocenters. The predicted molar refractivity (Wildman–Crippen MR) is 131 cm³/mol. The Balaban J connectivity index is 1.52. The lowest BCUT2D eigenvalue weighted by atomic mass is 10.2. The maximum Gasteiger partial charge on any atom is 0.329 e. The number of amides is 3. The number of ether oxygens (including phenoxy) is 3. The monoisotopic (exact) mass is 476 g/mol. The second-order valence-corrected chi connectivity index (χ2v) is 6.99. The molecule has 0 aromatic heterocycles. The van der Waals surface area contributed by atoms with Crippen molar-refractivity contribution < 1.29 is 28.6 Å². The third-order valence-corrected chi connectivity index (χ3v) is 4.56. The van der Waals surface area contributed by atoms with E-state index in [4.69, 9.17) is 14.2 Å². The van der Waals surface area contributed by atoms with Gasteiger partial charge in [0.15, 0.2) is 6.61 Å². The van der Waals surface area contributed by atoms with E-state index in [1.807, 2.05) is 0 Å². The summed E-state index contributed by atoms with van der Waals surface area (Å²) in [6.45, 7) is -0.244. The van der Waals surface area contributed by atoms with E-state index in [0.29, 0.717) is 34.2 Å². The van der Waals surface area contributed by atoms with Crippen LogP contribution in [0.25, 0.3) is 0 Å². The molecule has 0 heterocycles. The van der Waals surface area contributed by atoms with Gasteiger partial charge in [-0.05, 0) is 48.5 Å². The van der Waals surface area contributed by atoms with E-state index < -0.39 is 11.8 Å². The predicted octanol–water partition coefficient (Wildman–Crippen LogP) is 2.81. The van der Waals surface area contributed by atoms with Gasteiger partial charge in [-0.15, -0.1) is 0 Å². The van der Waals surface area contributed by atoms with Crippen LogP contribution in [-0.4, -0.2) is 44.8 Å². The van der Waals surface area contributed by atoms with Crippen LogP contribution in [0.1, 0.15) is 5.56 Å². The van der Waals surface area contributed by atoms with Crippen molar-refractivity contribution in [3.63, 3.8) is 0 Å². The first kappa shape index (κ1) is 24.8. The van der Waals surface area contributed by atoms with Gasteiger partial charge >= 0.3 is 11.8 Å². The summed E-state index contributed by atoms with van der Waals surface area (Å²) in [5.41, 5.74) is 3.66. The third kappa shape index (κ3) is 7.60. The number of carbonyl (C=O) groups excluding carboxylic acids is 3. The van der Waals surface area contributed by atoms with Gasteiger partial charge in [0, 0.05) is 23.0 Å². The summed E-state index contributed by atoms with van der Waals surface area (Å²) in [4.78, 5) is 36.3. The molecule has 0 radical (unpaired) electrons. The van der Waals surface area contributed by atoms with E-state index in [1.165, 1.54) is 13.3 Å². The number of carbonyl (C=O) groups is 3. The highest BCUT2D eigenvalue weighted by atomic mass is 16.5. The highest BCUT2D eigenvalue weighted by molar-refractivity contribution is 6.39. The van der Waals surface area contributed by atoms with Crippen LogP contribution in [0.2, 0.25) is 0 Å². The molecule has 0 bridgehead atoms. The Labute approximate surface area is 201 Å². The zero-order valence-electron chi connectivity index (χ0n) is 19.1. The molecular weight excluding hydrogens is 452 g/mol. The van der Waals surface area contributed by atoms with Crippen LogP contribution in [0.15, 0.2) is 77.9 Å². The Morgan fingerprint density at radius 2 is 1.54 bits per heavy atom. The molecule has 3 amide bonds. The van der Waals surface area contributed by atoms with E-state index in [0.717, 1.165) is 0 Å². The minimum absolute atomic E-state index is 0.244. The fraction of sp³-hybridized carbons (Fsp3) is 0.120. The number of para-hydroxylation sites is 1. The number of hydrogen-bond donors (Lipinski definition) is 3. The van der Waals surface area contributed by atoms with Crippen molar-refractivity contribution in [3.8, 4) is 17.2 Å². The van der Waals surface area contributed by atoms with Gasteiger partial charge in [0.05, 0.1) is 20.4 Å². The lowest BCUT2D eigenvalue weighted by Crippen LogP contribution is -2.32. The zero-order valence-corrected chi connectivity index (χ0v) is 19.1. The lowest BCUT2D eigenvalue weighted by molar-refractivity contribution is -0.136. The van der Waals surface area contributed by atoms with Crippen LogP contribution >= 0.6 is 0 Å². The van der Waals surface area contributed by atoms with Gasteiger partial charge in [-0.3, -0.25) is 14.4 Å². The Bertz CT molecular complexity index is 1210. The molecule has 3 N–H and O–H groups in total. The number of rotatable bonds is 9. The molecule has 0 atom stereocenters. The number of hydrogen-bond acceptors (Lipinski definition) is 7. The second-order valence-electron chi connectivity index (χ2n) is 6.99. The van der Waals surface area contributed by atoms with Crippen molar-refractivity contribution in [2.24, 2.45) is 5.10 Å². The van der Waals surface area contributed by atoms with Crippen LogP contribution in [-0.2, 0) is 14.4 Å². The summed E-state index contributed by atoms with van der Waals surface area (Å²) in [6.07, 6.45) is 1.31. The largest absolute Gasteiger partial charge is 0.497 e. The first-order chi connectivity index (χ1) is 17.0. The molecule has 3 aromatic rings. The minimum Gasteiger partial charge on any atom is -0.497 e. The smallest absolute Gasteiger partial charge is 0.329 e. The van der Waals surface area contributed by atoms with Crippen LogP contribution in [0, 0.1) is 0 Å². The zero-order chi connectivity index (χ0) is 25.0. The van der Waals surface area contributed by atoms with Gasteiger partial charge in [0.25, 0.3) is 5.91 Å². The molecule has 180 valence electrons. The molecule has 0 aliphatic carbocycles. The number of methoxy groups -OCH3 is 2. The van der Waals surface area contributed by atoms with Gasteiger partial charge < -0.3 is 24.8 Å². The minimum atomic E-state index is -0.957. The Morgan fingerprint density at radius 3 is 2.29 bits per heavy atom. The maximum atomic E-state index is 12.2. The molecule has 0 spiro atoms. The van der Waals surface area contributed by atoms with Gasteiger partial charge in [-0.2, -0.15) is 5.10 Å². The summed E-state index contributed by atoms with van der Waals surface area (Å²) < 4.78 is 15.8. The number of nitrogens with one attached hydrogen (secondary N) is 3. The molecule has 0 aliphatic heterocycles. The highest BCUT2D eigenvalue weighted by Gasteiger charge is 2.13. The summed E-state index contributed by atoms with van der Waals surface area (Å²) >= 11 is 0. The van der Waals surface area contributed by atoms with E-state index in [-0.39, 0.29) is 12.5 Å². The number of anilines is 2. The summed E-state index contributed by atoms with van der Waals surface area (Å²) in [6, 6.07) is 20.3. The SMILES string of the molecule is COc1ccc(NC(=O)COc2ccccc2/C=N\NC(=O)C(=O)Nc2cccc(OC)c2)cc1. The standard InChI is InChI=1S/C25H24N4O6/c1-33-20-12-10-18(11-13-20)27-23(30)16-35-22-9-4-3-6-17(22)15-26-29-25(32)24(31)28-19-7-5-8-21(14-19)34-2/h3-15H,16H2,1-2H3,(H,27,30)(H,28,31)(H,29,32)/b26-15-. The molecule has 0 aliphatic rings. The van der Waals surface area contributed by atoms with Crippen molar-refractivity contribution >= 4 is 35.3 Å². The molecule has 3 rings (SSSR count). The summed E-state index contributed by atoms with van der Waals surface area (Å²) in [5.74, 6) is -0.620. The molecule has 10 nitrogen and oxygen atoms in total. The maximum absolute atomic E-state index is 12.2. The molecule has 10 heteroatoms. The van der Waals surface area contributed by atoms with Crippen molar-refractivity contribution in [1.82, 2.24) is 5.43 Å². The molecule has 3 aromatic carbocycles. The van der Waals surface area contributed by atoms with E-state index >= 15 is 0 Å². The second kappa shape index (κ2) is 12.4. The third-order valence-electron chi connectivity index (χ3n) is 4.56. The molecule has 0 fully saturated rings. The van der Waals surface area contributed by atoms with Crippen LogP contribution in [0.5, 0.6) is 17.2 Å². The molecule has 0 saturated carbocycles. The van der Waals surface area contributed by atoms with Gasteiger partial charge in [-0.25, -0.2) is 5.43 Å². The summed E-state index contributed by atoms with van der Waals surface area (Å²) in [7, 11) is 3.06. The van der Waals surface area contributed by atoms with E-state index in [2.05, 4.69) is 21.2 Å². The fourth-order valence-corrected chi connectivity index (χ4v) is 2.83. The van der Waals surface area contributed by atoms with Crippen molar-refractivity contribution in [3.05, 3.63) is 78.4 Å². The van der Waals surface area contributed by atoms with Crippen molar-refractivity contribution in [2.75, 3.05) is 31.5 Å². The Morgan fingerprint density at radius 1 is 0.800 bits per heavy atom. The topological polar surface area (TPSA) is 127 Å². The quantitative estimate of drug-likeness (QED) is 0.248. The lowest BCUT2D eigenvalue weighted by Gasteiger charge is -2.10. The normalized spacial score (nSPS) is 10.3. The highest BCUT2D eigenvalue weighted by Crippen LogP contribution is 2.18. The van der Waals surface area contributed by atoms with Gasteiger partial charge in [-0.1, -0.05) is 18.2 Å². The number of nitrogens with zero attached hydrogens (tertiary/aromatic N) is 1. The van der Waals surface area contributed by atoms with Gasteiger partial charge in [0.1, 0.15) is 17.2 Å². The van der Waals surface area contributed by atoms with Crippen LogP contribution < -0.4 is 30.3 Å². The molecular formula is C25H24N4O6. The molecule has 0 saturated heterocycles. The first-order valence-electron chi connectivity index (χ1n) is 10.4. The number of hydrazone groups is 1. The van der Waals surface area contributed by atoms with Crippen LogP contribution in [0.3, 0.4) is 0 Å². The van der Waals surface area contributed by atoms with Crippen molar-refractivity contribution in [2.45, 2.75) is 0 Å². The van der Waals surface area contributed by atoms with Crippen LogP contribution in [0.4, 0.5) is 11.4 Å².